The zero-order chi connectivity index (χ0) is 20.6. The molecule has 2 aromatic heterocycles. The Hall–Kier alpha value is -3.13. The number of carbonyl (C=O) groups excluding carboxylic acids is 1. The molecule has 0 amide bonds. The van der Waals surface area contributed by atoms with Gasteiger partial charge in [0.2, 0.25) is 5.88 Å². The molecule has 0 aromatic carbocycles. The summed E-state index contributed by atoms with van der Waals surface area (Å²) in [5.41, 5.74) is 0.565. The third-order valence-corrected chi connectivity index (χ3v) is 3.54. The minimum absolute atomic E-state index is 0.0566. The molecular weight excluding hydrogens is 362 g/mol. The van der Waals surface area contributed by atoms with Crippen molar-refractivity contribution in [1.29, 1.82) is 0 Å². The highest BCUT2D eigenvalue weighted by Gasteiger charge is 2.19. The SMILES string of the molecule is CC(C)(C)NC[C@@H](COc1ncccc1-n1cccc1)OC(=O)/C=C\C(=O)O. The molecule has 2 rings (SSSR count). The first-order chi connectivity index (χ1) is 13.2. The number of aliphatic carboxylic acids is 1. The number of carbonyl (C=O) groups is 2. The van der Waals surface area contributed by atoms with Gasteiger partial charge in [-0.1, -0.05) is 0 Å². The average molecular weight is 387 g/mol. The van der Waals surface area contributed by atoms with Gasteiger partial charge >= 0.3 is 11.9 Å². The lowest BCUT2D eigenvalue weighted by molar-refractivity contribution is -0.145. The van der Waals surface area contributed by atoms with Crippen LogP contribution in [0.4, 0.5) is 0 Å². The summed E-state index contributed by atoms with van der Waals surface area (Å²) in [6.45, 7) is 6.35. The monoisotopic (exact) mass is 387 g/mol. The molecule has 1 atom stereocenters. The van der Waals surface area contributed by atoms with Gasteiger partial charge in [0, 0.05) is 42.8 Å². The molecule has 2 heterocycles. The maximum atomic E-state index is 11.9. The van der Waals surface area contributed by atoms with Crippen LogP contribution in [0.25, 0.3) is 5.69 Å². The minimum Gasteiger partial charge on any atom is -0.478 e. The molecule has 0 aliphatic carbocycles. The molecule has 0 radical (unpaired) electrons. The van der Waals surface area contributed by atoms with Crippen molar-refractivity contribution in [3.05, 3.63) is 55.0 Å². The van der Waals surface area contributed by atoms with Crippen LogP contribution in [-0.2, 0) is 14.3 Å². The molecule has 2 aromatic rings. The normalized spacial score (nSPS) is 12.7. The second-order valence-corrected chi connectivity index (χ2v) is 7.09. The van der Waals surface area contributed by atoms with Crippen molar-refractivity contribution in [1.82, 2.24) is 14.9 Å². The van der Waals surface area contributed by atoms with Crippen molar-refractivity contribution in [2.24, 2.45) is 0 Å². The van der Waals surface area contributed by atoms with Crippen molar-refractivity contribution in [2.75, 3.05) is 13.2 Å². The highest BCUT2D eigenvalue weighted by atomic mass is 16.6. The van der Waals surface area contributed by atoms with Gasteiger partial charge in [-0.3, -0.25) is 0 Å². The van der Waals surface area contributed by atoms with Crippen molar-refractivity contribution < 1.29 is 24.2 Å². The Kier molecular flexibility index (Phi) is 7.34. The van der Waals surface area contributed by atoms with E-state index in [9.17, 15) is 9.59 Å². The van der Waals surface area contributed by atoms with Gasteiger partial charge in [-0.25, -0.2) is 14.6 Å². The fraction of sp³-hybridized carbons (Fsp3) is 0.350. The van der Waals surface area contributed by atoms with Crippen LogP contribution in [0, 0.1) is 0 Å². The number of ether oxygens (including phenoxy) is 2. The molecule has 28 heavy (non-hydrogen) atoms. The molecular formula is C20H25N3O5. The number of hydrogen-bond acceptors (Lipinski definition) is 6. The van der Waals surface area contributed by atoms with E-state index in [0.717, 1.165) is 17.8 Å². The zero-order valence-corrected chi connectivity index (χ0v) is 16.2. The average Bonchev–Trinajstić information content (AvgIpc) is 3.16. The summed E-state index contributed by atoms with van der Waals surface area (Å²) in [5.74, 6) is -1.57. The Morgan fingerprint density at radius 1 is 1.25 bits per heavy atom. The molecule has 8 heteroatoms. The van der Waals surface area contributed by atoms with E-state index in [-0.39, 0.29) is 12.1 Å². The summed E-state index contributed by atoms with van der Waals surface area (Å²) < 4.78 is 13.0. The lowest BCUT2D eigenvalue weighted by atomic mass is 10.1. The summed E-state index contributed by atoms with van der Waals surface area (Å²) >= 11 is 0. The predicted molar refractivity (Wildman–Crippen MR) is 103 cm³/mol. The van der Waals surface area contributed by atoms with E-state index in [1.54, 1.807) is 12.3 Å². The standard InChI is InChI=1S/C20H25N3O5/c1-20(2,3)22-13-15(28-18(26)9-8-17(24)25)14-27-19-16(7-6-10-21-19)23-11-4-5-12-23/h4-12,15,22H,13-14H2,1-3H3,(H,24,25)/b9-8-/t15-/m0/s1. The van der Waals surface area contributed by atoms with E-state index >= 15 is 0 Å². The maximum Gasteiger partial charge on any atom is 0.331 e. The van der Waals surface area contributed by atoms with Crippen molar-refractivity contribution in [3.63, 3.8) is 0 Å². The zero-order valence-electron chi connectivity index (χ0n) is 16.2. The van der Waals surface area contributed by atoms with Crippen molar-refractivity contribution in [2.45, 2.75) is 32.4 Å². The fourth-order valence-electron chi connectivity index (χ4n) is 2.25. The lowest BCUT2D eigenvalue weighted by Crippen LogP contribution is -2.44. The van der Waals surface area contributed by atoms with Crippen LogP contribution in [0.15, 0.2) is 55.0 Å². The fourth-order valence-corrected chi connectivity index (χ4v) is 2.25. The highest BCUT2D eigenvalue weighted by molar-refractivity contribution is 5.90. The Morgan fingerprint density at radius 3 is 2.61 bits per heavy atom. The Morgan fingerprint density at radius 2 is 1.96 bits per heavy atom. The van der Waals surface area contributed by atoms with Crippen LogP contribution in [0.5, 0.6) is 5.88 Å². The second-order valence-electron chi connectivity index (χ2n) is 7.09. The predicted octanol–water partition coefficient (Wildman–Crippen LogP) is 2.19. The van der Waals surface area contributed by atoms with E-state index in [4.69, 9.17) is 14.6 Å². The molecule has 150 valence electrons. The first-order valence-electron chi connectivity index (χ1n) is 8.82. The second kappa shape index (κ2) is 9.70. The first kappa shape index (κ1) is 21.2. The van der Waals surface area contributed by atoms with E-state index in [1.165, 1.54) is 0 Å². The molecule has 0 fully saturated rings. The highest BCUT2D eigenvalue weighted by Crippen LogP contribution is 2.20. The number of rotatable bonds is 9. The third kappa shape index (κ3) is 7.24. The van der Waals surface area contributed by atoms with Crippen molar-refractivity contribution in [3.8, 4) is 11.6 Å². The van der Waals surface area contributed by atoms with Crippen LogP contribution < -0.4 is 10.1 Å². The van der Waals surface area contributed by atoms with Gasteiger partial charge in [0.1, 0.15) is 18.4 Å². The van der Waals surface area contributed by atoms with Gasteiger partial charge in [0.15, 0.2) is 0 Å². The third-order valence-electron chi connectivity index (χ3n) is 3.54. The van der Waals surface area contributed by atoms with Gasteiger partial charge in [-0.15, -0.1) is 0 Å². The van der Waals surface area contributed by atoms with Crippen LogP contribution in [0.1, 0.15) is 20.8 Å². The number of pyridine rings is 1. The van der Waals surface area contributed by atoms with E-state index in [0.29, 0.717) is 12.4 Å². The van der Waals surface area contributed by atoms with Gasteiger partial charge in [0.25, 0.3) is 0 Å². The number of aromatic nitrogens is 2. The molecule has 0 spiro atoms. The molecule has 0 aliphatic heterocycles. The lowest BCUT2D eigenvalue weighted by Gasteiger charge is -2.25. The van der Waals surface area contributed by atoms with Gasteiger partial charge in [-0.2, -0.15) is 0 Å². The summed E-state index contributed by atoms with van der Waals surface area (Å²) in [4.78, 5) is 26.7. The van der Waals surface area contributed by atoms with Gasteiger partial charge in [-0.05, 0) is 45.0 Å². The Labute approximate surface area is 163 Å². The van der Waals surface area contributed by atoms with Crippen LogP contribution in [0.2, 0.25) is 0 Å². The van der Waals surface area contributed by atoms with Gasteiger partial charge in [0.05, 0.1) is 0 Å². The van der Waals surface area contributed by atoms with E-state index < -0.39 is 18.0 Å². The molecule has 0 saturated carbocycles. The van der Waals surface area contributed by atoms with Crippen LogP contribution in [-0.4, -0.2) is 51.4 Å². The number of carboxylic acids is 1. The quantitative estimate of drug-likeness (QED) is 0.502. The molecule has 0 bridgehead atoms. The minimum atomic E-state index is -1.22. The van der Waals surface area contributed by atoms with Crippen LogP contribution >= 0.6 is 0 Å². The number of nitrogens with zero attached hydrogens (tertiary/aromatic N) is 2. The summed E-state index contributed by atoms with van der Waals surface area (Å²) in [6, 6.07) is 7.46. The summed E-state index contributed by atoms with van der Waals surface area (Å²) in [7, 11) is 0. The summed E-state index contributed by atoms with van der Waals surface area (Å²) in [6.07, 6.45) is 6.34. The number of nitrogens with one attached hydrogen (secondary N) is 1. The summed E-state index contributed by atoms with van der Waals surface area (Å²) in [5, 5.41) is 11.9. The van der Waals surface area contributed by atoms with Gasteiger partial charge < -0.3 is 24.5 Å². The largest absolute Gasteiger partial charge is 0.478 e. The Balaban J connectivity index is 2.08. The number of hydrogen-bond donors (Lipinski definition) is 2. The molecule has 0 aliphatic rings. The molecule has 8 nitrogen and oxygen atoms in total. The first-order valence-corrected chi connectivity index (χ1v) is 8.82. The Bertz CT molecular complexity index is 809. The smallest absolute Gasteiger partial charge is 0.331 e. The number of esters is 1. The van der Waals surface area contributed by atoms with Crippen LogP contribution in [0.3, 0.4) is 0 Å². The molecule has 0 saturated heterocycles. The van der Waals surface area contributed by atoms with E-state index in [1.807, 2.05) is 55.9 Å². The maximum absolute atomic E-state index is 11.9. The van der Waals surface area contributed by atoms with E-state index in [2.05, 4.69) is 10.3 Å². The molecule has 2 N–H and O–H groups in total. The molecule has 0 unspecified atom stereocenters. The van der Waals surface area contributed by atoms with Crippen molar-refractivity contribution >= 4 is 11.9 Å². The number of carboxylic acid groups (broad SMARTS) is 1. The topological polar surface area (TPSA) is 103 Å².